The molecule has 1 amide bonds. The molecule has 0 aliphatic heterocycles. The molecule has 0 N–H and O–H groups in total. The molecule has 2 heterocycles. The Morgan fingerprint density at radius 1 is 1.24 bits per heavy atom. The van der Waals surface area contributed by atoms with Crippen molar-refractivity contribution < 1.29 is 9.18 Å². The number of hydrogen-bond acceptors (Lipinski definition) is 5. The first kappa shape index (κ1) is 23.3. The number of fused-ring (bicyclic) bond motifs is 1. The van der Waals surface area contributed by atoms with E-state index in [4.69, 9.17) is 0 Å². The zero-order valence-corrected chi connectivity index (χ0v) is 19.0. The van der Waals surface area contributed by atoms with Crippen LogP contribution >= 0.6 is 23.7 Å². The highest BCUT2D eigenvalue weighted by Gasteiger charge is 2.24. The first-order valence-electron chi connectivity index (χ1n) is 9.35. The van der Waals surface area contributed by atoms with Crippen LogP contribution in [0, 0.1) is 12.7 Å². The molecule has 0 saturated heterocycles. The number of anilines is 1. The zero-order chi connectivity index (χ0) is 20.4. The van der Waals surface area contributed by atoms with Crippen LogP contribution in [-0.4, -0.2) is 52.8 Å². The smallest absolute Gasteiger partial charge is 0.280 e. The van der Waals surface area contributed by atoms with Crippen molar-refractivity contribution in [1.82, 2.24) is 19.7 Å². The van der Waals surface area contributed by atoms with Crippen LogP contribution in [-0.2, 0) is 0 Å². The third kappa shape index (κ3) is 5.32. The maximum absolute atomic E-state index is 13.6. The van der Waals surface area contributed by atoms with Gasteiger partial charge in [-0.05, 0) is 72.1 Å². The SMILES string of the molecule is Cc1cc(C(=O)N(CCCN(C)C)c2nc3ccc(F)cc3s2)nn1C(C)C.Cl. The van der Waals surface area contributed by atoms with E-state index in [9.17, 15) is 9.18 Å². The molecule has 0 atom stereocenters. The van der Waals surface area contributed by atoms with E-state index in [1.807, 2.05) is 45.6 Å². The number of amides is 1. The van der Waals surface area contributed by atoms with Crippen molar-refractivity contribution in [3.05, 3.63) is 41.5 Å². The van der Waals surface area contributed by atoms with Crippen LogP contribution in [0.15, 0.2) is 24.3 Å². The molecule has 0 bridgehead atoms. The molecule has 0 unspecified atom stereocenters. The Morgan fingerprint density at radius 3 is 2.59 bits per heavy atom. The minimum absolute atomic E-state index is 0. The maximum Gasteiger partial charge on any atom is 0.280 e. The molecule has 0 radical (unpaired) electrons. The second-order valence-corrected chi connectivity index (χ2v) is 8.44. The average molecular weight is 440 g/mol. The number of aromatic nitrogens is 3. The number of carbonyl (C=O) groups excluding carboxylic acids is 1. The Morgan fingerprint density at radius 2 is 1.97 bits per heavy atom. The summed E-state index contributed by atoms with van der Waals surface area (Å²) in [6.07, 6.45) is 0.799. The fraction of sp³-hybridized carbons (Fsp3) is 0.450. The third-order valence-electron chi connectivity index (χ3n) is 4.43. The predicted molar refractivity (Wildman–Crippen MR) is 119 cm³/mol. The molecule has 0 saturated carbocycles. The maximum atomic E-state index is 13.6. The number of thiazole rings is 1. The molecule has 0 aliphatic carbocycles. The number of halogens is 2. The van der Waals surface area contributed by atoms with E-state index in [0.29, 0.717) is 22.9 Å². The van der Waals surface area contributed by atoms with Crippen LogP contribution in [0.1, 0.15) is 42.5 Å². The standard InChI is InChI=1S/C20H26FN5OS.ClH/c1-13(2)26-14(3)11-17(23-26)19(27)25(10-6-9-24(4)5)20-22-16-8-7-15(21)12-18(16)28-20;/h7-8,11-13H,6,9-10H2,1-5H3;1H. The van der Waals surface area contributed by atoms with Gasteiger partial charge < -0.3 is 4.90 Å². The van der Waals surface area contributed by atoms with Gasteiger partial charge in [-0.25, -0.2) is 9.37 Å². The van der Waals surface area contributed by atoms with Gasteiger partial charge in [-0.2, -0.15) is 5.10 Å². The molecular formula is C20H27ClFN5OS. The molecule has 3 aromatic rings. The fourth-order valence-corrected chi connectivity index (χ4v) is 4.10. The highest BCUT2D eigenvalue weighted by Crippen LogP contribution is 2.30. The number of rotatable bonds is 7. The van der Waals surface area contributed by atoms with Gasteiger partial charge in [0.1, 0.15) is 5.82 Å². The van der Waals surface area contributed by atoms with E-state index in [1.165, 1.54) is 23.5 Å². The molecule has 2 aromatic heterocycles. The van der Waals surface area contributed by atoms with Crippen LogP contribution in [0.25, 0.3) is 10.2 Å². The van der Waals surface area contributed by atoms with Gasteiger partial charge in [0, 0.05) is 18.3 Å². The summed E-state index contributed by atoms with van der Waals surface area (Å²) in [6, 6.07) is 6.47. The Bertz CT molecular complexity index is 985. The molecular weight excluding hydrogens is 413 g/mol. The largest absolute Gasteiger partial charge is 0.309 e. The predicted octanol–water partition coefficient (Wildman–Crippen LogP) is 4.54. The van der Waals surface area contributed by atoms with Crippen molar-refractivity contribution in [2.75, 3.05) is 32.1 Å². The number of hydrogen-bond donors (Lipinski definition) is 0. The van der Waals surface area contributed by atoms with Crippen LogP contribution in [0.4, 0.5) is 9.52 Å². The molecule has 9 heteroatoms. The van der Waals surface area contributed by atoms with Crippen molar-refractivity contribution in [3.63, 3.8) is 0 Å². The van der Waals surface area contributed by atoms with Gasteiger partial charge in [-0.3, -0.25) is 14.4 Å². The van der Waals surface area contributed by atoms with Crippen molar-refractivity contribution in [2.45, 2.75) is 33.2 Å². The molecule has 0 aliphatic rings. The first-order valence-corrected chi connectivity index (χ1v) is 10.2. The van der Waals surface area contributed by atoms with Crippen molar-refractivity contribution >= 4 is 45.0 Å². The van der Waals surface area contributed by atoms with Gasteiger partial charge in [0.15, 0.2) is 10.8 Å². The van der Waals surface area contributed by atoms with Crippen LogP contribution in [0.5, 0.6) is 0 Å². The average Bonchev–Trinajstić information content (AvgIpc) is 3.21. The van der Waals surface area contributed by atoms with E-state index in [0.717, 1.165) is 23.4 Å². The molecule has 158 valence electrons. The van der Waals surface area contributed by atoms with Crippen LogP contribution < -0.4 is 4.90 Å². The zero-order valence-electron chi connectivity index (χ0n) is 17.3. The van der Waals surface area contributed by atoms with Gasteiger partial charge in [0.2, 0.25) is 0 Å². The highest BCUT2D eigenvalue weighted by molar-refractivity contribution is 7.22. The van der Waals surface area contributed by atoms with E-state index >= 15 is 0 Å². The number of benzene rings is 1. The fourth-order valence-electron chi connectivity index (χ4n) is 3.08. The summed E-state index contributed by atoms with van der Waals surface area (Å²) in [5.74, 6) is -0.486. The monoisotopic (exact) mass is 439 g/mol. The Balaban J connectivity index is 0.00000300. The van der Waals surface area contributed by atoms with Crippen molar-refractivity contribution in [1.29, 1.82) is 0 Å². The summed E-state index contributed by atoms with van der Waals surface area (Å²) >= 11 is 1.32. The second-order valence-electron chi connectivity index (χ2n) is 7.43. The van der Waals surface area contributed by atoms with Gasteiger partial charge in [0.25, 0.3) is 5.91 Å². The highest BCUT2D eigenvalue weighted by atomic mass is 35.5. The van der Waals surface area contributed by atoms with E-state index in [1.54, 1.807) is 11.0 Å². The van der Waals surface area contributed by atoms with Crippen LogP contribution in [0.2, 0.25) is 0 Å². The molecule has 3 rings (SSSR count). The summed E-state index contributed by atoms with van der Waals surface area (Å²) in [4.78, 5) is 21.6. The van der Waals surface area contributed by atoms with Gasteiger partial charge in [-0.1, -0.05) is 11.3 Å². The van der Waals surface area contributed by atoms with E-state index < -0.39 is 0 Å². The first-order chi connectivity index (χ1) is 13.3. The normalized spacial score (nSPS) is 11.3. The minimum Gasteiger partial charge on any atom is -0.309 e. The summed E-state index contributed by atoms with van der Waals surface area (Å²) in [5, 5.41) is 5.07. The summed E-state index contributed by atoms with van der Waals surface area (Å²) < 4.78 is 16.1. The molecule has 0 spiro atoms. The van der Waals surface area contributed by atoms with Crippen molar-refractivity contribution in [3.8, 4) is 0 Å². The Kier molecular flexibility index (Phi) is 7.73. The third-order valence-corrected chi connectivity index (χ3v) is 5.47. The van der Waals surface area contributed by atoms with Gasteiger partial charge in [-0.15, -0.1) is 12.4 Å². The lowest BCUT2D eigenvalue weighted by Crippen LogP contribution is -2.33. The summed E-state index contributed by atoms with van der Waals surface area (Å²) in [5.41, 5.74) is 2.04. The lowest BCUT2D eigenvalue weighted by Gasteiger charge is -2.20. The molecule has 0 fully saturated rings. The Hall–Kier alpha value is -2.03. The number of aryl methyl sites for hydroxylation is 1. The van der Waals surface area contributed by atoms with Crippen LogP contribution in [0.3, 0.4) is 0 Å². The quantitative estimate of drug-likeness (QED) is 0.542. The second kappa shape index (κ2) is 9.65. The lowest BCUT2D eigenvalue weighted by atomic mass is 10.3. The topological polar surface area (TPSA) is 54.3 Å². The Labute approximate surface area is 180 Å². The number of carbonyl (C=O) groups is 1. The summed E-state index contributed by atoms with van der Waals surface area (Å²) in [7, 11) is 4.00. The molecule has 6 nitrogen and oxygen atoms in total. The summed E-state index contributed by atoms with van der Waals surface area (Å²) in [6.45, 7) is 7.38. The van der Waals surface area contributed by atoms with E-state index in [2.05, 4.69) is 15.0 Å². The van der Waals surface area contributed by atoms with Gasteiger partial charge in [0.05, 0.1) is 10.2 Å². The molecule has 1 aromatic carbocycles. The van der Waals surface area contributed by atoms with E-state index in [-0.39, 0.29) is 30.2 Å². The molecule has 29 heavy (non-hydrogen) atoms. The number of nitrogens with zero attached hydrogens (tertiary/aromatic N) is 5. The minimum atomic E-state index is -0.306. The van der Waals surface area contributed by atoms with Gasteiger partial charge >= 0.3 is 0 Å². The van der Waals surface area contributed by atoms with Crippen molar-refractivity contribution in [2.24, 2.45) is 0 Å². The lowest BCUT2D eigenvalue weighted by molar-refractivity contribution is 0.0980.